The third-order valence-electron chi connectivity index (χ3n) is 3.44. The molecule has 26 heavy (non-hydrogen) atoms. The van der Waals surface area contributed by atoms with Crippen molar-refractivity contribution in [3.8, 4) is 5.75 Å². The number of esters is 2. The first-order valence-electron chi connectivity index (χ1n) is 8.69. The summed E-state index contributed by atoms with van der Waals surface area (Å²) in [4.78, 5) is 24.1. The van der Waals surface area contributed by atoms with E-state index < -0.39 is 23.3 Å². The molecule has 0 amide bonds. The number of benzene rings is 1. The van der Waals surface area contributed by atoms with Gasteiger partial charge in [0, 0.05) is 13.5 Å². The van der Waals surface area contributed by atoms with Gasteiger partial charge in [0.1, 0.15) is 11.4 Å². The SMILES string of the molecule is CCOC(=O)[C@H](Cc1ccc(OC(C)(C)C(=O)OC(C)(C)C)cc1)OC. The van der Waals surface area contributed by atoms with Crippen LogP contribution in [0.2, 0.25) is 0 Å². The van der Waals surface area contributed by atoms with Gasteiger partial charge in [-0.2, -0.15) is 0 Å². The van der Waals surface area contributed by atoms with Gasteiger partial charge in [-0.3, -0.25) is 0 Å². The molecule has 1 atom stereocenters. The third-order valence-corrected chi connectivity index (χ3v) is 3.44. The van der Waals surface area contributed by atoms with Crippen molar-refractivity contribution < 1.29 is 28.5 Å². The van der Waals surface area contributed by atoms with Crippen LogP contribution in [0.15, 0.2) is 24.3 Å². The van der Waals surface area contributed by atoms with Crippen LogP contribution in [0.5, 0.6) is 5.75 Å². The van der Waals surface area contributed by atoms with E-state index in [1.807, 2.05) is 32.9 Å². The molecule has 0 bridgehead atoms. The van der Waals surface area contributed by atoms with E-state index >= 15 is 0 Å². The van der Waals surface area contributed by atoms with E-state index in [1.165, 1.54) is 7.11 Å². The topological polar surface area (TPSA) is 71.1 Å². The van der Waals surface area contributed by atoms with E-state index in [4.69, 9.17) is 18.9 Å². The predicted octanol–water partition coefficient (Wildman–Crippen LogP) is 3.31. The first-order chi connectivity index (χ1) is 12.0. The van der Waals surface area contributed by atoms with Gasteiger partial charge >= 0.3 is 11.9 Å². The first kappa shape index (κ1) is 22.0. The summed E-state index contributed by atoms with van der Waals surface area (Å²) in [6, 6.07) is 7.15. The average Bonchev–Trinajstić information content (AvgIpc) is 2.52. The number of hydrogen-bond donors (Lipinski definition) is 0. The van der Waals surface area contributed by atoms with Crippen LogP contribution in [0.1, 0.15) is 47.1 Å². The van der Waals surface area contributed by atoms with Crippen molar-refractivity contribution in [2.75, 3.05) is 13.7 Å². The predicted molar refractivity (Wildman–Crippen MR) is 98.1 cm³/mol. The second-order valence-electron chi connectivity index (χ2n) is 7.44. The molecule has 0 aliphatic carbocycles. The maximum absolute atomic E-state index is 12.3. The number of carbonyl (C=O) groups is 2. The fourth-order valence-electron chi connectivity index (χ4n) is 2.14. The van der Waals surface area contributed by atoms with E-state index in [0.29, 0.717) is 18.8 Å². The highest BCUT2D eigenvalue weighted by Gasteiger charge is 2.34. The van der Waals surface area contributed by atoms with Gasteiger partial charge in [-0.25, -0.2) is 9.59 Å². The van der Waals surface area contributed by atoms with Crippen molar-refractivity contribution in [1.82, 2.24) is 0 Å². The molecule has 0 spiro atoms. The minimum atomic E-state index is -1.12. The van der Waals surface area contributed by atoms with Gasteiger partial charge in [0.15, 0.2) is 11.7 Å². The number of ether oxygens (including phenoxy) is 4. The summed E-state index contributed by atoms with van der Waals surface area (Å²) >= 11 is 0. The van der Waals surface area contributed by atoms with Crippen molar-refractivity contribution in [2.24, 2.45) is 0 Å². The maximum atomic E-state index is 12.3. The molecular weight excluding hydrogens is 336 g/mol. The smallest absolute Gasteiger partial charge is 0.350 e. The molecule has 1 aromatic carbocycles. The van der Waals surface area contributed by atoms with Crippen LogP contribution >= 0.6 is 0 Å². The lowest BCUT2D eigenvalue weighted by Gasteiger charge is -2.29. The Labute approximate surface area is 155 Å². The Kier molecular flexibility index (Phi) is 7.63. The Morgan fingerprint density at radius 3 is 2.08 bits per heavy atom. The van der Waals surface area contributed by atoms with Crippen LogP contribution in [0, 0.1) is 0 Å². The quantitative estimate of drug-likeness (QED) is 0.658. The zero-order valence-corrected chi connectivity index (χ0v) is 16.8. The zero-order chi connectivity index (χ0) is 20.0. The highest BCUT2D eigenvalue weighted by molar-refractivity contribution is 5.79. The molecule has 0 saturated heterocycles. The first-order valence-corrected chi connectivity index (χ1v) is 8.69. The van der Waals surface area contributed by atoms with E-state index in [2.05, 4.69) is 0 Å². The number of hydrogen-bond acceptors (Lipinski definition) is 6. The summed E-state index contributed by atoms with van der Waals surface area (Å²) < 4.78 is 21.3. The Balaban J connectivity index is 2.75. The fourth-order valence-corrected chi connectivity index (χ4v) is 2.14. The van der Waals surface area contributed by atoms with Gasteiger partial charge < -0.3 is 18.9 Å². The lowest BCUT2D eigenvalue weighted by Crippen LogP contribution is -2.43. The molecule has 0 saturated carbocycles. The van der Waals surface area contributed by atoms with Gasteiger partial charge in [-0.15, -0.1) is 0 Å². The second-order valence-corrected chi connectivity index (χ2v) is 7.44. The molecular formula is C20H30O6. The molecule has 6 nitrogen and oxygen atoms in total. The summed E-state index contributed by atoms with van der Waals surface area (Å²) in [6.07, 6.45) is -0.259. The molecule has 6 heteroatoms. The van der Waals surface area contributed by atoms with Crippen LogP contribution in [0.3, 0.4) is 0 Å². The third kappa shape index (κ3) is 7.04. The maximum Gasteiger partial charge on any atom is 0.350 e. The minimum Gasteiger partial charge on any atom is -0.476 e. The van der Waals surface area contributed by atoms with Gasteiger partial charge in [-0.05, 0) is 59.2 Å². The van der Waals surface area contributed by atoms with Gasteiger partial charge in [0.05, 0.1) is 6.61 Å². The summed E-state index contributed by atoms with van der Waals surface area (Å²) in [5.74, 6) is -0.285. The zero-order valence-electron chi connectivity index (χ0n) is 16.8. The Morgan fingerprint density at radius 2 is 1.62 bits per heavy atom. The van der Waals surface area contributed by atoms with Crippen molar-refractivity contribution in [3.63, 3.8) is 0 Å². The minimum absolute atomic E-state index is 0.311. The molecule has 0 N–H and O–H groups in total. The van der Waals surface area contributed by atoms with Crippen molar-refractivity contribution in [3.05, 3.63) is 29.8 Å². The molecule has 0 radical (unpaired) electrons. The van der Waals surface area contributed by atoms with Gasteiger partial charge in [0.2, 0.25) is 0 Å². The molecule has 0 aliphatic heterocycles. The molecule has 0 aromatic heterocycles. The lowest BCUT2D eigenvalue weighted by molar-refractivity contribution is -0.171. The van der Waals surface area contributed by atoms with Crippen LogP contribution in [0.25, 0.3) is 0 Å². The summed E-state index contributed by atoms with van der Waals surface area (Å²) in [6.45, 7) is 10.8. The average molecular weight is 366 g/mol. The second kappa shape index (κ2) is 9.03. The number of methoxy groups -OCH3 is 1. The van der Waals surface area contributed by atoms with E-state index in [0.717, 1.165) is 5.56 Å². The van der Waals surface area contributed by atoms with Gasteiger partial charge in [-0.1, -0.05) is 12.1 Å². The summed E-state index contributed by atoms with van der Waals surface area (Å²) in [7, 11) is 1.47. The Morgan fingerprint density at radius 1 is 1.04 bits per heavy atom. The number of carbonyl (C=O) groups excluding carboxylic acids is 2. The molecule has 1 rings (SSSR count). The summed E-state index contributed by atoms with van der Waals surface area (Å²) in [5.41, 5.74) is -0.800. The van der Waals surface area contributed by atoms with E-state index in [9.17, 15) is 9.59 Å². The van der Waals surface area contributed by atoms with Crippen LogP contribution in [0.4, 0.5) is 0 Å². The molecule has 0 unspecified atom stereocenters. The molecule has 146 valence electrons. The molecule has 0 heterocycles. The highest BCUT2D eigenvalue weighted by Crippen LogP contribution is 2.23. The molecule has 0 aliphatic rings. The number of rotatable bonds is 8. The largest absolute Gasteiger partial charge is 0.476 e. The van der Waals surface area contributed by atoms with Crippen molar-refractivity contribution >= 4 is 11.9 Å². The van der Waals surface area contributed by atoms with Crippen molar-refractivity contribution in [1.29, 1.82) is 0 Å². The van der Waals surface area contributed by atoms with Crippen LogP contribution in [-0.2, 0) is 30.2 Å². The van der Waals surface area contributed by atoms with E-state index in [-0.39, 0.29) is 5.97 Å². The highest BCUT2D eigenvalue weighted by atomic mass is 16.6. The molecule has 1 aromatic rings. The normalized spacial score (nSPS) is 13.0. The lowest BCUT2D eigenvalue weighted by atomic mass is 10.1. The summed E-state index contributed by atoms with van der Waals surface area (Å²) in [5, 5.41) is 0. The molecule has 0 fully saturated rings. The van der Waals surface area contributed by atoms with Crippen LogP contribution in [-0.4, -0.2) is 43.0 Å². The van der Waals surface area contributed by atoms with Gasteiger partial charge in [0.25, 0.3) is 0 Å². The van der Waals surface area contributed by atoms with Crippen molar-refractivity contribution in [2.45, 2.75) is 65.3 Å². The Hall–Kier alpha value is -2.08. The van der Waals surface area contributed by atoms with E-state index in [1.54, 1.807) is 32.9 Å². The van der Waals surface area contributed by atoms with Crippen LogP contribution < -0.4 is 4.74 Å². The Bertz CT molecular complexity index is 598. The standard InChI is InChI=1S/C20H30O6/c1-8-24-17(21)16(23-7)13-14-9-11-15(12-10-14)25-20(5,6)18(22)26-19(2,3)4/h9-12,16H,8,13H2,1-7H3/t16-/m0/s1. The monoisotopic (exact) mass is 366 g/mol. The fraction of sp³-hybridized carbons (Fsp3) is 0.600.